The van der Waals surface area contributed by atoms with Crippen LogP contribution in [0.15, 0.2) is 6.07 Å². The van der Waals surface area contributed by atoms with Crippen LogP contribution in [0, 0.1) is 10.1 Å². The van der Waals surface area contributed by atoms with Crippen LogP contribution in [0.25, 0.3) is 0 Å². The maximum Gasteiger partial charge on any atom is 0.330 e. The van der Waals surface area contributed by atoms with E-state index in [1.165, 1.54) is 35.2 Å². The number of rotatable bonds is 7. The fraction of sp³-hybridized carbons (Fsp3) is 0.467. The SMILES string of the molecule is COC(=O)C(C)(C)NC(=O)c1cc(OC)c(OC)c(OC)c1[N+](=O)[O-]. The third-order valence-electron chi connectivity index (χ3n) is 3.35. The average molecular weight is 356 g/mol. The Hall–Kier alpha value is -3.04. The molecule has 0 atom stereocenters. The fourth-order valence-corrected chi connectivity index (χ4v) is 2.15. The molecule has 1 amide bonds. The first-order valence-corrected chi connectivity index (χ1v) is 7.02. The van der Waals surface area contributed by atoms with Gasteiger partial charge in [-0.3, -0.25) is 14.9 Å². The number of esters is 1. The van der Waals surface area contributed by atoms with Crippen molar-refractivity contribution in [3.8, 4) is 17.2 Å². The second kappa shape index (κ2) is 7.69. The highest BCUT2D eigenvalue weighted by molar-refractivity contribution is 6.03. The largest absolute Gasteiger partial charge is 0.493 e. The van der Waals surface area contributed by atoms with Gasteiger partial charge in [0.15, 0.2) is 5.75 Å². The average Bonchev–Trinajstić information content (AvgIpc) is 2.57. The lowest BCUT2D eigenvalue weighted by Gasteiger charge is -2.23. The van der Waals surface area contributed by atoms with Gasteiger partial charge in [-0.1, -0.05) is 0 Å². The van der Waals surface area contributed by atoms with Crippen LogP contribution in [0.4, 0.5) is 5.69 Å². The van der Waals surface area contributed by atoms with Crippen molar-refractivity contribution in [3.63, 3.8) is 0 Å². The van der Waals surface area contributed by atoms with Gasteiger partial charge >= 0.3 is 11.7 Å². The molecule has 0 aromatic heterocycles. The van der Waals surface area contributed by atoms with Gasteiger partial charge in [0.05, 0.1) is 33.4 Å². The first-order chi connectivity index (χ1) is 11.6. The molecule has 1 aromatic rings. The number of nitrogens with zero attached hydrogens (tertiary/aromatic N) is 1. The summed E-state index contributed by atoms with van der Waals surface area (Å²) in [6, 6.07) is 1.14. The van der Waals surface area contributed by atoms with Crippen LogP contribution in [-0.4, -0.2) is 50.8 Å². The summed E-state index contributed by atoms with van der Waals surface area (Å²) in [5.74, 6) is -1.82. The number of methoxy groups -OCH3 is 4. The number of nitro benzene ring substituents is 1. The van der Waals surface area contributed by atoms with Gasteiger partial charge in [-0.15, -0.1) is 0 Å². The van der Waals surface area contributed by atoms with E-state index in [0.29, 0.717) is 0 Å². The van der Waals surface area contributed by atoms with E-state index in [-0.39, 0.29) is 22.8 Å². The van der Waals surface area contributed by atoms with E-state index in [0.717, 1.165) is 13.2 Å². The molecule has 0 saturated heterocycles. The number of nitro groups is 1. The lowest BCUT2D eigenvalue weighted by atomic mass is 10.0. The van der Waals surface area contributed by atoms with Gasteiger partial charge in [0.2, 0.25) is 11.5 Å². The lowest BCUT2D eigenvalue weighted by molar-refractivity contribution is -0.386. The molecule has 0 saturated carbocycles. The van der Waals surface area contributed by atoms with Gasteiger partial charge in [0.1, 0.15) is 11.1 Å². The van der Waals surface area contributed by atoms with Crippen molar-refractivity contribution in [3.05, 3.63) is 21.7 Å². The predicted molar refractivity (Wildman–Crippen MR) is 86.3 cm³/mol. The normalized spacial score (nSPS) is 10.6. The Bertz CT molecular complexity index is 699. The Morgan fingerprint density at radius 1 is 1.08 bits per heavy atom. The zero-order valence-electron chi connectivity index (χ0n) is 14.8. The highest BCUT2D eigenvalue weighted by Crippen LogP contribution is 2.46. The minimum Gasteiger partial charge on any atom is -0.493 e. The molecule has 0 bridgehead atoms. The van der Waals surface area contributed by atoms with Crippen LogP contribution in [0.3, 0.4) is 0 Å². The summed E-state index contributed by atoms with van der Waals surface area (Å²) in [6.07, 6.45) is 0. The molecule has 1 N–H and O–H groups in total. The summed E-state index contributed by atoms with van der Waals surface area (Å²) < 4.78 is 19.8. The molecule has 0 heterocycles. The Labute approximate surface area is 144 Å². The molecule has 0 fully saturated rings. The summed E-state index contributed by atoms with van der Waals surface area (Å²) in [6.45, 7) is 2.81. The van der Waals surface area contributed by atoms with Crippen molar-refractivity contribution in [2.45, 2.75) is 19.4 Å². The summed E-state index contributed by atoms with van der Waals surface area (Å²) in [5.41, 5.74) is -2.37. The number of ether oxygens (including phenoxy) is 4. The quantitative estimate of drug-likeness (QED) is 0.440. The second-order valence-electron chi connectivity index (χ2n) is 5.37. The maximum atomic E-state index is 12.6. The van der Waals surface area contributed by atoms with Gasteiger partial charge in [-0.2, -0.15) is 0 Å². The molecule has 0 aliphatic heterocycles. The monoisotopic (exact) mass is 356 g/mol. The van der Waals surface area contributed by atoms with Gasteiger partial charge in [-0.25, -0.2) is 4.79 Å². The minimum absolute atomic E-state index is 0.0273. The van der Waals surface area contributed by atoms with Crippen molar-refractivity contribution >= 4 is 17.6 Å². The van der Waals surface area contributed by atoms with Crippen molar-refractivity contribution in [1.29, 1.82) is 0 Å². The topological polar surface area (TPSA) is 126 Å². The fourth-order valence-electron chi connectivity index (χ4n) is 2.15. The standard InChI is InChI=1S/C15H20N2O8/c1-15(2,14(19)25-6)16-13(18)8-7-9(22-3)11(23-4)12(24-5)10(8)17(20)21/h7H,1-6H3,(H,16,18). The summed E-state index contributed by atoms with van der Waals surface area (Å²) in [7, 11) is 4.95. The molecular formula is C15H20N2O8. The molecular weight excluding hydrogens is 336 g/mol. The van der Waals surface area contributed by atoms with Crippen molar-refractivity contribution in [2.75, 3.05) is 28.4 Å². The summed E-state index contributed by atoms with van der Waals surface area (Å²) in [4.78, 5) is 35.0. The molecule has 0 aliphatic carbocycles. The van der Waals surface area contributed by atoms with E-state index in [1.54, 1.807) is 0 Å². The number of amides is 1. The van der Waals surface area contributed by atoms with E-state index in [9.17, 15) is 19.7 Å². The predicted octanol–water partition coefficient (Wildman–Crippen LogP) is 1.30. The van der Waals surface area contributed by atoms with Crippen LogP contribution in [-0.2, 0) is 9.53 Å². The van der Waals surface area contributed by atoms with Crippen LogP contribution >= 0.6 is 0 Å². The smallest absolute Gasteiger partial charge is 0.330 e. The van der Waals surface area contributed by atoms with Gasteiger partial charge in [0, 0.05) is 6.07 Å². The molecule has 0 unspecified atom stereocenters. The van der Waals surface area contributed by atoms with Crippen LogP contribution < -0.4 is 19.5 Å². The number of hydrogen-bond donors (Lipinski definition) is 1. The molecule has 10 nitrogen and oxygen atoms in total. The molecule has 0 radical (unpaired) electrons. The maximum absolute atomic E-state index is 12.6. The third kappa shape index (κ3) is 3.90. The van der Waals surface area contributed by atoms with E-state index in [2.05, 4.69) is 10.1 Å². The first-order valence-electron chi connectivity index (χ1n) is 7.02. The highest BCUT2D eigenvalue weighted by Gasteiger charge is 2.36. The molecule has 1 rings (SSSR count). The third-order valence-corrected chi connectivity index (χ3v) is 3.35. The van der Waals surface area contributed by atoms with E-state index >= 15 is 0 Å². The Morgan fingerprint density at radius 2 is 1.64 bits per heavy atom. The minimum atomic E-state index is -1.40. The summed E-state index contributed by atoms with van der Waals surface area (Å²) >= 11 is 0. The van der Waals surface area contributed by atoms with Crippen LogP contribution in [0.5, 0.6) is 17.2 Å². The van der Waals surface area contributed by atoms with Crippen molar-refractivity contribution in [1.82, 2.24) is 5.32 Å². The van der Waals surface area contributed by atoms with E-state index in [1.807, 2.05) is 0 Å². The van der Waals surface area contributed by atoms with Gasteiger partial charge < -0.3 is 24.3 Å². The van der Waals surface area contributed by atoms with E-state index in [4.69, 9.17) is 14.2 Å². The zero-order valence-corrected chi connectivity index (χ0v) is 14.8. The molecule has 138 valence electrons. The molecule has 10 heteroatoms. The van der Waals surface area contributed by atoms with E-state index < -0.39 is 28.0 Å². The number of carbonyl (C=O) groups excluding carboxylic acids is 2. The molecule has 1 aromatic carbocycles. The second-order valence-corrected chi connectivity index (χ2v) is 5.37. The number of nitrogens with one attached hydrogen (secondary N) is 1. The Kier molecular flexibility index (Phi) is 6.15. The zero-order chi connectivity index (χ0) is 19.4. The summed E-state index contributed by atoms with van der Waals surface area (Å²) in [5, 5.41) is 13.9. The Balaban J connectivity index is 3.55. The lowest BCUT2D eigenvalue weighted by Crippen LogP contribution is -2.50. The van der Waals surface area contributed by atoms with Gasteiger partial charge in [0.25, 0.3) is 5.91 Å². The molecule has 0 spiro atoms. The van der Waals surface area contributed by atoms with Gasteiger partial charge in [-0.05, 0) is 13.8 Å². The van der Waals surface area contributed by atoms with Crippen LogP contribution in [0.2, 0.25) is 0 Å². The molecule has 0 aliphatic rings. The highest BCUT2D eigenvalue weighted by atomic mass is 16.6. The van der Waals surface area contributed by atoms with Crippen molar-refractivity contribution < 1.29 is 33.5 Å². The Morgan fingerprint density at radius 3 is 2.04 bits per heavy atom. The molecule has 25 heavy (non-hydrogen) atoms. The number of hydrogen-bond acceptors (Lipinski definition) is 8. The number of carbonyl (C=O) groups is 2. The van der Waals surface area contributed by atoms with Crippen LogP contribution in [0.1, 0.15) is 24.2 Å². The number of benzene rings is 1. The first kappa shape index (κ1) is 20.0. The van der Waals surface area contributed by atoms with Crippen molar-refractivity contribution in [2.24, 2.45) is 0 Å².